The molecule has 2 fully saturated rings. The average molecular weight is 662 g/mol. The van der Waals surface area contributed by atoms with E-state index in [1.165, 1.54) is 0 Å². The molecule has 0 radical (unpaired) electrons. The van der Waals surface area contributed by atoms with Crippen LogP contribution >= 0.6 is 0 Å². The molecule has 0 saturated carbocycles. The molecule has 0 aliphatic carbocycles. The topological polar surface area (TPSA) is 261 Å². The molecule has 0 aromatic heterocycles. The van der Waals surface area contributed by atoms with Gasteiger partial charge in [0, 0.05) is 53.4 Å². The largest absolute Gasteiger partial charge is 0.463 e. The number of azide groups is 1. The van der Waals surface area contributed by atoms with E-state index in [0.29, 0.717) is 0 Å². The zero-order valence-corrected chi connectivity index (χ0v) is 26.0. The first-order valence-corrected chi connectivity index (χ1v) is 13.7. The Bertz CT molecular complexity index is 1220. The summed E-state index contributed by atoms with van der Waals surface area (Å²) in [5.74, 6) is -6.06. The van der Waals surface area contributed by atoms with Gasteiger partial charge in [-0.15, -0.1) is 0 Å². The van der Waals surface area contributed by atoms with Crippen LogP contribution < -0.4 is 0 Å². The minimum atomic E-state index is -1.82. The standard InChI is InChI=1S/C26H35N3O17/c1-10(30)37-8-17-20(22(40-13(4)33)19(28-29-27)25(44-17)43-16(7)36)46-26-24(42-15(6)35)23(41-14(5)34)21(39-12(3)32)18(45-26)9-38-11(2)31/h17-26H,8-9H2,1-7H3/t17-,18-,19-,20-,21+,22-,23+,24-,25-,26+/m1/s1. The second-order valence-corrected chi connectivity index (χ2v) is 9.89. The quantitative estimate of drug-likeness (QED) is 0.0870. The summed E-state index contributed by atoms with van der Waals surface area (Å²) in [4.78, 5) is 86.6. The summed E-state index contributed by atoms with van der Waals surface area (Å²) in [5.41, 5.74) is 9.27. The van der Waals surface area contributed by atoms with Crippen LogP contribution in [0.5, 0.6) is 0 Å². The first kappa shape index (κ1) is 37.7. The molecule has 46 heavy (non-hydrogen) atoms. The molecule has 0 bridgehead atoms. The van der Waals surface area contributed by atoms with E-state index in [0.717, 1.165) is 48.5 Å². The van der Waals surface area contributed by atoms with E-state index < -0.39 is 116 Å². The number of carbonyl (C=O) groups excluding carboxylic acids is 7. The third-order valence-electron chi connectivity index (χ3n) is 6.07. The molecule has 2 saturated heterocycles. The molecule has 0 unspecified atom stereocenters. The predicted octanol–water partition coefficient (Wildman–Crippen LogP) is -0.0836. The Morgan fingerprint density at radius 3 is 1.41 bits per heavy atom. The van der Waals surface area contributed by atoms with E-state index in [9.17, 15) is 39.1 Å². The maximum atomic E-state index is 12.2. The average Bonchev–Trinajstić information content (AvgIpc) is 2.91. The molecule has 256 valence electrons. The zero-order chi connectivity index (χ0) is 34.7. The highest BCUT2D eigenvalue weighted by Crippen LogP contribution is 2.35. The highest BCUT2D eigenvalue weighted by atomic mass is 16.8. The maximum Gasteiger partial charge on any atom is 0.304 e. The lowest BCUT2D eigenvalue weighted by atomic mass is 9.95. The molecule has 0 N–H and O–H groups in total. The van der Waals surface area contributed by atoms with E-state index in [2.05, 4.69) is 10.0 Å². The third kappa shape index (κ3) is 11.1. The zero-order valence-electron chi connectivity index (χ0n) is 26.0. The maximum absolute atomic E-state index is 12.2. The second kappa shape index (κ2) is 17.2. The molecule has 20 nitrogen and oxygen atoms in total. The van der Waals surface area contributed by atoms with Gasteiger partial charge in [0.25, 0.3) is 0 Å². The molecular weight excluding hydrogens is 626 g/mol. The Kier molecular flexibility index (Phi) is 14.1. The van der Waals surface area contributed by atoms with E-state index in [-0.39, 0.29) is 0 Å². The molecule has 2 aliphatic heterocycles. The van der Waals surface area contributed by atoms with Crippen molar-refractivity contribution in [3.8, 4) is 0 Å². The number of hydrogen-bond acceptors (Lipinski definition) is 18. The van der Waals surface area contributed by atoms with E-state index in [1.807, 2.05) is 0 Å². The first-order valence-electron chi connectivity index (χ1n) is 13.7. The van der Waals surface area contributed by atoms with Crippen LogP contribution in [0.25, 0.3) is 10.4 Å². The van der Waals surface area contributed by atoms with Crippen molar-refractivity contribution < 1.29 is 80.9 Å². The van der Waals surface area contributed by atoms with Crippen LogP contribution in [0.15, 0.2) is 5.11 Å². The summed E-state index contributed by atoms with van der Waals surface area (Å²) in [6.07, 6.45) is -14.5. The minimum Gasteiger partial charge on any atom is -0.463 e. The monoisotopic (exact) mass is 661 g/mol. The lowest BCUT2D eigenvalue weighted by molar-refractivity contribution is -0.347. The minimum absolute atomic E-state index is 0.584. The molecule has 2 heterocycles. The van der Waals surface area contributed by atoms with Crippen LogP contribution in [0.2, 0.25) is 0 Å². The van der Waals surface area contributed by atoms with E-state index in [1.54, 1.807) is 0 Å². The number of rotatable bonds is 12. The Hall–Kier alpha value is -4.52. The summed E-state index contributed by atoms with van der Waals surface area (Å²) in [6.45, 7) is 6.06. The van der Waals surface area contributed by atoms with Gasteiger partial charge in [0.05, 0.1) is 0 Å². The smallest absolute Gasteiger partial charge is 0.304 e. The first-order chi connectivity index (χ1) is 21.5. The van der Waals surface area contributed by atoms with Gasteiger partial charge in [0.1, 0.15) is 43.7 Å². The molecule has 0 aromatic carbocycles. The lowest BCUT2D eigenvalue weighted by Gasteiger charge is -2.48. The van der Waals surface area contributed by atoms with Crippen molar-refractivity contribution >= 4 is 41.8 Å². The van der Waals surface area contributed by atoms with Gasteiger partial charge in [0.2, 0.25) is 6.29 Å². The summed E-state index contributed by atoms with van der Waals surface area (Å²) in [7, 11) is 0. The van der Waals surface area contributed by atoms with Crippen molar-refractivity contribution in [1.29, 1.82) is 0 Å². The number of nitrogens with zero attached hydrogens (tertiary/aromatic N) is 3. The van der Waals surface area contributed by atoms with E-state index >= 15 is 0 Å². The Morgan fingerprint density at radius 2 is 0.957 bits per heavy atom. The van der Waals surface area contributed by atoms with Gasteiger partial charge in [-0.05, 0) is 5.53 Å². The van der Waals surface area contributed by atoms with E-state index in [4.69, 9.17) is 47.4 Å². The lowest BCUT2D eigenvalue weighted by Crippen LogP contribution is -2.66. The molecule has 2 rings (SSSR count). The molecule has 0 aromatic rings. The second-order valence-electron chi connectivity index (χ2n) is 9.89. The summed E-state index contributed by atoms with van der Waals surface area (Å²) in [5, 5.41) is 3.56. The SMILES string of the molecule is CC(=O)OC[C@H]1O[C@@H](O[C@H]2[C@H](OC(C)=O)[C@@H](N=[N+]=[N-])[C@H](OC(C)=O)O[C@@H]2COC(C)=O)[C@H](OC(C)=O)[C@@H](OC(C)=O)[C@H]1OC(C)=O. The van der Waals surface area contributed by atoms with Crippen LogP contribution in [0.1, 0.15) is 48.5 Å². The van der Waals surface area contributed by atoms with Crippen LogP contribution in [0.4, 0.5) is 0 Å². The van der Waals surface area contributed by atoms with Crippen molar-refractivity contribution in [1.82, 2.24) is 0 Å². The van der Waals surface area contributed by atoms with Crippen molar-refractivity contribution in [3.05, 3.63) is 10.4 Å². The fourth-order valence-electron chi connectivity index (χ4n) is 4.61. The van der Waals surface area contributed by atoms with Gasteiger partial charge in [-0.1, -0.05) is 5.11 Å². The Morgan fingerprint density at radius 1 is 0.543 bits per heavy atom. The Labute approximate surface area is 261 Å². The fraction of sp³-hybridized carbons (Fsp3) is 0.731. The van der Waals surface area contributed by atoms with Gasteiger partial charge < -0.3 is 47.4 Å². The van der Waals surface area contributed by atoms with Crippen LogP contribution in [0, 0.1) is 0 Å². The van der Waals surface area contributed by atoms with Gasteiger partial charge in [-0.25, -0.2) is 0 Å². The van der Waals surface area contributed by atoms with Crippen LogP contribution in [-0.2, 0) is 80.9 Å². The molecular formula is C26H35N3O17. The number of ether oxygens (including phenoxy) is 10. The van der Waals surface area contributed by atoms with Gasteiger partial charge in [-0.2, -0.15) is 0 Å². The van der Waals surface area contributed by atoms with Gasteiger partial charge in [0.15, 0.2) is 24.6 Å². The number of carbonyl (C=O) groups is 7. The summed E-state index contributed by atoms with van der Waals surface area (Å²) >= 11 is 0. The number of hydrogen-bond donors (Lipinski definition) is 0. The normalized spacial score (nSPS) is 30.3. The molecule has 20 heteroatoms. The molecule has 10 atom stereocenters. The molecule has 0 spiro atoms. The third-order valence-corrected chi connectivity index (χ3v) is 6.07. The highest BCUT2D eigenvalue weighted by Gasteiger charge is 2.57. The Balaban J connectivity index is 2.72. The molecule has 2 aliphatic rings. The van der Waals surface area contributed by atoms with Crippen LogP contribution in [-0.4, -0.2) is 116 Å². The van der Waals surface area contributed by atoms with Crippen molar-refractivity contribution in [2.24, 2.45) is 5.11 Å². The number of esters is 7. The van der Waals surface area contributed by atoms with Gasteiger partial charge >= 0.3 is 41.8 Å². The predicted molar refractivity (Wildman–Crippen MR) is 142 cm³/mol. The summed E-state index contributed by atoms with van der Waals surface area (Å²) in [6, 6.07) is -1.60. The highest BCUT2D eigenvalue weighted by molar-refractivity contribution is 5.69. The fourth-order valence-corrected chi connectivity index (χ4v) is 4.61. The van der Waals surface area contributed by atoms with Crippen molar-refractivity contribution in [2.75, 3.05) is 13.2 Å². The van der Waals surface area contributed by atoms with Crippen molar-refractivity contribution in [2.45, 2.75) is 110 Å². The summed E-state index contributed by atoms with van der Waals surface area (Å²) < 4.78 is 54.7. The van der Waals surface area contributed by atoms with Crippen molar-refractivity contribution in [3.63, 3.8) is 0 Å². The van der Waals surface area contributed by atoms with Gasteiger partial charge in [-0.3, -0.25) is 33.6 Å². The van der Waals surface area contributed by atoms with Crippen LogP contribution in [0.3, 0.4) is 0 Å². The molecule has 0 amide bonds.